The van der Waals surface area contributed by atoms with Crippen molar-refractivity contribution in [3.05, 3.63) is 63.6 Å². The molecule has 0 bridgehead atoms. The zero-order valence-corrected chi connectivity index (χ0v) is 12.4. The Kier molecular flexibility index (Phi) is 3.32. The van der Waals surface area contributed by atoms with E-state index in [0.29, 0.717) is 0 Å². The molecular weight excluding hydrogens is 363 g/mol. The molecule has 0 N–H and O–H groups in total. The van der Waals surface area contributed by atoms with E-state index < -0.39 is 23.6 Å². The Morgan fingerprint density at radius 2 is 1.45 bits per heavy atom. The van der Waals surface area contributed by atoms with E-state index in [2.05, 4.69) is 15.9 Å². The summed E-state index contributed by atoms with van der Waals surface area (Å²) in [6, 6.07) is 9.10. The lowest BCUT2D eigenvalue weighted by Crippen LogP contribution is -2.29. The highest BCUT2D eigenvalue weighted by Crippen LogP contribution is 2.36. The summed E-state index contributed by atoms with van der Waals surface area (Å²) in [5, 5.41) is 0. The second kappa shape index (κ2) is 4.95. The summed E-state index contributed by atoms with van der Waals surface area (Å²) < 4.78 is 38.8. The van der Waals surface area contributed by atoms with Crippen LogP contribution in [0.25, 0.3) is 0 Å². The van der Waals surface area contributed by atoms with E-state index in [9.17, 15) is 22.8 Å². The van der Waals surface area contributed by atoms with Crippen LogP contribution in [0.5, 0.6) is 0 Å². The molecule has 2 aromatic carbocycles. The van der Waals surface area contributed by atoms with Crippen LogP contribution < -0.4 is 4.90 Å². The van der Waals surface area contributed by atoms with Crippen molar-refractivity contribution in [1.82, 2.24) is 0 Å². The molecule has 0 spiro atoms. The molecule has 1 heterocycles. The Balaban J connectivity index is 2.12. The van der Waals surface area contributed by atoms with Crippen LogP contribution in [-0.4, -0.2) is 11.8 Å². The lowest BCUT2D eigenvalue weighted by atomic mass is 10.1. The number of carbonyl (C=O) groups is 2. The molecule has 7 heteroatoms. The van der Waals surface area contributed by atoms with E-state index in [4.69, 9.17) is 0 Å². The summed E-state index contributed by atoms with van der Waals surface area (Å²) in [5.41, 5.74) is -0.691. The van der Waals surface area contributed by atoms with Crippen LogP contribution in [0.3, 0.4) is 0 Å². The first kappa shape index (κ1) is 14.8. The molecule has 0 radical (unpaired) electrons. The lowest BCUT2D eigenvalue weighted by molar-refractivity contribution is -0.137. The van der Waals surface area contributed by atoms with Gasteiger partial charge in [0, 0.05) is 4.47 Å². The number of imide groups is 1. The van der Waals surface area contributed by atoms with Gasteiger partial charge in [-0.2, -0.15) is 13.2 Å². The molecule has 3 rings (SSSR count). The summed E-state index contributed by atoms with van der Waals surface area (Å²) in [4.78, 5) is 25.3. The van der Waals surface area contributed by atoms with Crippen molar-refractivity contribution in [2.75, 3.05) is 4.90 Å². The molecule has 22 heavy (non-hydrogen) atoms. The van der Waals surface area contributed by atoms with Gasteiger partial charge in [-0.25, -0.2) is 4.90 Å². The van der Waals surface area contributed by atoms with Gasteiger partial charge in [0.25, 0.3) is 11.8 Å². The Hall–Kier alpha value is -2.15. The number of hydrogen-bond acceptors (Lipinski definition) is 2. The fourth-order valence-electron chi connectivity index (χ4n) is 2.29. The maximum absolute atomic E-state index is 12.9. The number of benzene rings is 2. The molecule has 1 aliphatic rings. The number of halogens is 4. The highest BCUT2D eigenvalue weighted by molar-refractivity contribution is 9.10. The van der Waals surface area contributed by atoms with Crippen LogP contribution in [-0.2, 0) is 6.18 Å². The van der Waals surface area contributed by atoms with Crippen molar-refractivity contribution in [2.45, 2.75) is 6.18 Å². The van der Waals surface area contributed by atoms with Crippen LogP contribution >= 0.6 is 15.9 Å². The van der Waals surface area contributed by atoms with Crippen LogP contribution in [0.1, 0.15) is 26.3 Å². The highest BCUT2D eigenvalue weighted by atomic mass is 79.9. The van der Waals surface area contributed by atoms with E-state index >= 15 is 0 Å². The van der Waals surface area contributed by atoms with Gasteiger partial charge in [-0.05, 0) is 30.3 Å². The van der Waals surface area contributed by atoms with E-state index in [0.717, 1.165) is 17.0 Å². The first-order valence-corrected chi connectivity index (χ1v) is 6.94. The van der Waals surface area contributed by atoms with E-state index in [1.807, 2.05) is 0 Å². The number of amides is 2. The molecule has 112 valence electrons. The molecule has 0 unspecified atom stereocenters. The van der Waals surface area contributed by atoms with Gasteiger partial charge in [0.05, 0.1) is 22.4 Å². The number of hydrogen-bond donors (Lipinski definition) is 0. The SMILES string of the molecule is O=C1c2ccccc2C(=O)N1c1cc(Br)cc(C(F)(F)F)c1. The normalized spacial score (nSPS) is 14.5. The number of alkyl halides is 3. The molecule has 0 fully saturated rings. The number of fused-ring (bicyclic) bond motifs is 1. The predicted molar refractivity (Wildman–Crippen MR) is 76.7 cm³/mol. The number of nitrogens with zero attached hydrogens (tertiary/aromatic N) is 1. The van der Waals surface area contributed by atoms with Crippen molar-refractivity contribution in [2.24, 2.45) is 0 Å². The maximum atomic E-state index is 12.9. The predicted octanol–water partition coefficient (Wildman–Crippen LogP) is 4.27. The summed E-state index contributed by atoms with van der Waals surface area (Å²) >= 11 is 2.98. The minimum atomic E-state index is -4.57. The minimum Gasteiger partial charge on any atom is -0.268 e. The van der Waals surface area contributed by atoms with Gasteiger partial charge >= 0.3 is 6.18 Å². The van der Waals surface area contributed by atoms with E-state index in [1.165, 1.54) is 18.2 Å². The van der Waals surface area contributed by atoms with Gasteiger partial charge in [-0.1, -0.05) is 28.1 Å². The second-order valence-electron chi connectivity index (χ2n) is 4.69. The average Bonchev–Trinajstić information content (AvgIpc) is 2.70. The molecule has 0 saturated carbocycles. The average molecular weight is 370 g/mol. The molecule has 0 atom stereocenters. The summed E-state index contributed by atoms with van der Waals surface area (Å²) in [7, 11) is 0. The van der Waals surface area contributed by atoms with Crippen molar-refractivity contribution < 1.29 is 22.8 Å². The lowest BCUT2D eigenvalue weighted by Gasteiger charge is -2.16. The quantitative estimate of drug-likeness (QED) is 0.704. The Morgan fingerprint density at radius 1 is 0.909 bits per heavy atom. The first-order chi connectivity index (χ1) is 10.3. The van der Waals surface area contributed by atoms with Gasteiger partial charge < -0.3 is 0 Å². The monoisotopic (exact) mass is 369 g/mol. The van der Waals surface area contributed by atoms with E-state index in [-0.39, 0.29) is 21.3 Å². The molecule has 1 aliphatic heterocycles. The summed E-state index contributed by atoms with van der Waals surface area (Å²) in [6.45, 7) is 0. The van der Waals surface area contributed by atoms with E-state index in [1.54, 1.807) is 12.1 Å². The highest BCUT2D eigenvalue weighted by Gasteiger charge is 2.38. The van der Waals surface area contributed by atoms with Crippen LogP contribution in [0.15, 0.2) is 46.9 Å². The van der Waals surface area contributed by atoms with Crippen molar-refractivity contribution in [3.63, 3.8) is 0 Å². The molecule has 3 nitrogen and oxygen atoms in total. The maximum Gasteiger partial charge on any atom is 0.416 e. The summed E-state index contributed by atoms with van der Waals surface area (Å²) in [6.07, 6.45) is -4.57. The third-order valence-electron chi connectivity index (χ3n) is 3.26. The van der Waals surface area contributed by atoms with Gasteiger partial charge in [0.1, 0.15) is 0 Å². The van der Waals surface area contributed by atoms with Gasteiger partial charge in [-0.15, -0.1) is 0 Å². The Morgan fingerprint density at radius 3 is 1.95 bits per heavy atom. The third-order valence-corrected chi connectivity index (χ3v) is 3.72. The standard InChI is InChI=1S/C15H7BrF3NO2/c16-9-5-8(15(17,18)19)6-10(7-9)20-13(21)11-3-1-2-4-12(11)14(20)22/h1-7H. The fraction of sp³-hybridized carbons (Fsp3) is 0.0667. The van der Waals surface area contributed by atoms with Crippen molar-refractivity contribution >= 4 is 33.4 Å². The first-order valence-electron chi connectivity index (χ1n) is 6.14. The third kappa shape index (κ3) is 2.31. The van der Waals surface area contributed by atoms with Crippen LogP contribution in [0, 0.1) is 0 Å². The number of anilines is 1. The zero-order valence-electron chi connectivity index (χ0n) is 10.8. The summed E-state index contributed by atoms with van der Waals surface area (Å²) in [5.74, 6) is -1.27. The van der Waals surface area contributed by atoms with Crippen LogP contribution in [0.4, 0.5) is 18.9 Å². The zero-order chi connectivity index (χ0) is 16.1. The number of rotatable bonds is 1. The topological polar surface area (TPSA) is 37.4 Å². The molecular formula is C15H7BrF3NO2. The van der Waals surface area contributed by atoms with Crippen molar-refractivity contribution in [3.8, 4) is 0 Å². The molecule has 0 aromatic heterocycles. The smallest absolute Gasteiger partial charge is 0.268 e. The molecule has 2 aromatic rings. The van der Waals surface area contributed by atoms with Crippen molar-refractivity contribution in [1.29, 1.82) is 0 Å². The van der Waals surface area contributed by atoms with Gasteiger partial charge in [0.2, 0.25) is 0 Å². The molecule has 0 saturated heterocycles. The Bertz CT molecular complexity index is 767. The number of carbonyl (C=O) groups excluding carboxylic acids is 2. The van der Waals surface area contributed by atoms with Gasteiger partial charge in [-0.3, -0.25) is 9.59 Å². The van der Waals surface area contributed by atoms with Gasteiger partial charge in [0.15, 0.2) is 0 Å². The molecule has 2 amide bonds. The largest absolute Gasteiger partial charge is 0.416 e. The molecule has 0 aliphatic carbocycles. The fourth-order valence-corrected chi connectivity index (χ4v) is 2.77. The minimum absolute atomic E-state index is 0.118. The van der Waals surface area contributed by atoms with Crippen LogP contribution in [0.2, 0.25) is 0 Å². The Labute approximate surface area is 131 Å². The second-order valence-corrected chi connectivity index (χ2v) is 5.60.